The predicted octanol–water partition coefficient (Wildman–Crippen LogP) is -0.231. The minimum atomic E-state index is -0.149. The molecule has 1 saturated carbocycles. The monoisotopic (exact) mass is 364 g/mol. The first kappa shape index (κ1) is 18.2. The Morgan fingerprint density at radius 2 is 1.77 bits per heavy atom. The first-order chi connectivity index (χ1) is 12.7. The highest BCUT2D eigenvalue weighted by Crippen LogP contribution is 2.45. The van der Waals surface area contributed by atoms with Gasteiger partial charge in [-0.3, -0.25) is 14.5 Å². The van der Waals surface area contributed by atoms with Gasteiger partial charge >= 0.3 is 0 Å². The molecule has 0 aromatic heterocycles. The lowest BCUT2D eigenvalue weighted by Gasteiger charge is -2.43. The Morgan fingerprint density at radius 3 is 2.54 bits per heavy atom. The van der Waals surface area contributed by atoms with Gasteiger partial charge < -0.3 is 19.9 Å². The van der Waals surface area contributed by atoms with Gasteiger partial charge in [-0.25, -0.2) is 0 Å². The summed E-state index contributed by atoms with van der Waals surface area (Å²) < 4.78 is 5.31. The number of hydrogen-bond donors (Lipinski definition) is 1. The predicted molar refractivity (Wildman–Crippen MR) is 97.7 cm³/mol. The van der Waals surface area contributed by atoms with Crippen molar-refractivity contribution in [3.8, 4) is 0 Å². The van der Waals surface area contributed by atoms with E-state index in [1.165, 1.54) is 19.3 Å². The molecule has 0 aromatic rings. The second-order valence-corrected chi connectivity index (χ2v) is 8.29. The van der Waals surface area contributed by atoms with Crippen molar-refractivity contribution in [3.05, 3.63) is 0 Å². The van der Waals surface area contributed by atoms with Crippen LogP contribution in [-0.4, -0.2) is 98.6 Å². The van der Waals surface area contributed by atoms with Crippen LogP contribution >= 0.6 is 0 Å². The van der Waals surface area contributed by atoms with E-state index in [-0.39, 0.29) is 11.3 Å². The number of hydrogen-bond acceptors (Lipinski definition) is 5. The molecule has 1 aliphatic carbocycles. The molecule has 146 valence electrons. The molecule has 2 amide bonds. The minimum absolute atomic E-state index is 0.149. The fraction of sp³-hybridized carbons (Fsp3) is 0.895. The highest BCUT2D eigenvalue weighted by Gasteiger charge is 2.51. The average Bonchev–Trinajstić information content (AvgIpc) is 3.14. The van der Waals surface area contributed by atoms with Gasteiger partial charge in [0.1, 0.15) is 0 Å². The molecule has 4 fully saturated rings. The molecular weight excluding hydrogens is 332 g/mol. The molecular formula is C19H32N4O3. The molecule has 4 aliphatic rings. The maximum absolute atomic E-state index is 13.3. The zero-order valence-electron chi connectivity index (χ0n) is 15.8. The summed E-state index contributed by atoms with van der Waals surface area (Å²) in [5.41, 5.74) is -0.149. The van der Waals surface area contributed by atoms with E-state index in [1.807, 2.05) is 4.90 Å². The van der Waals surface area contributed by atoms with Crippen molar-refractivity contribution < 1.29 is 14.3 Å². The Bertz CT molecular complexity index is 529. The average molecular weight is 364 g/mol. The number of nitrogens with one attached hydrogen (secondary N) is 1. The molecule has 0 bridgehead atoms. The minimum Gasteiger partial charge on any atom is -0.378 e. The number of nitrogens with zero attached hydrogens (tertiary/aromatic N) is 3. The molecule has 7 nitrogen and oxygen atoms in total. The zero-order valence-corrected chi connectivity index (χ0v) is 15.8. The van der Waals surface area contributed by atoms with Crippen LogP contribution in [0.4, 0.5) is 0 Å². The third-order valence-electron chi connectivity index (χ3n) is 6.85. The third kappa shape index (κ3) is 3.49. The fourth-order valence-corrected chi connectivity index (χ4v) is 5.20. The Labute approximate surface area is 156 Å². The number of ether oxygens (including phenoxy) is 1. The van der Waals surface area contributed by atoms with Crippen molar-refractivity contribution in [1.82, 2.24) is 20.0 Å². The van der Waals surface area contributed by atoms with Crippen molar-refractivity contribution in [3.63, 3.8) is 0 Å². The van der Waals surface area contributed by atoms with Crippen LogP contribution in [0.15, 0.2) is 0 Å². The quantitative estimate of drug-likeness (QED) is 0.749. The SMILES string of the molecule is O=C(CN1CCN(C(=O)[C@@]23CCCC[C@H]2CNC3)CC1)N1CCOCC1. The number of amides is 2. The van der Waals surface area contributed by atoms with Gasteiger partial charge in [0.2, 0.25) is 11.8 Å². The molecule has 3 heterocycles. The van der Waals surface area contributed by atoms with E-state index in [2.05, 4.69) is 15.1 Å². The summed E-state index contributed by atoms with van der Waals surface area (Å²) in [5.74, 6) is 1.08. The molecule has 0 aromatic carbocycles. The second kappa shape index (κ2) is 7.82. The zero-order chi connectivity index (χ0) is 18.0. The molecule has 0 unspecified atom stereocenters. The van der Waals surface area contributed by atoms with Crippen LogP contribution in [-0.2, 0) is 14.3 Å². The van der Waals surface area contributed by atoms with Crippen LogP contribution in [0, 0.1) is 11.3 Å². The van der Waals surface area contributed by atoms with Crippen LogP contribution in [0.2, 0.25) is 0 Å². The van der Waals surface area contributed by atoms with Gasteiger partial charge in [-0.1, -0.05) is 12.8 Å². The molecule has 4 rings (SSSR count). The van der Waals surface area contributed by atoms with Gasteiger partial charge in [0, 0.05) is 45.8 Å². The van der Waals surface area contributed by atoms with Gasteiger partial charge in [-0.2, -0.15) is 0 Å². The smallest absolute Gasteiger partial charge is 0.236 e. The van der Waals surface area contributed by atoms with Crippen LogP contribution in [0.5, 0.6) is 0 Å². The third-order valence-corrected chi connectivity index (χ3v) is 6.85. The van der Waals surface area contributed by atoms with E-state index < -0.39 is 0 Å². The molecule has 2 atom stereocenters. The number of piperazine rings is 1. The van der Waals surface area contributed by atoms with Gasteiger partial charge in [0.15, 0.2) is 0 Å². The maximum atomic E-state index is 13.3. The summed E-state index contributed by atoms with van der Waals surface area (Å²) in [6.45, 7) is 8.13. The topological polar surface area (TPSA) is 65.1 Å². The van der Waals surface area contributed by atoms with Crippen molar-refractivity contribution >= 4 is 11.8 Å². The molecule has 3 aliphatic heterocycles. The normalized spacial score (nSPS) is 33.2. The lowest BCUT2D eigenvalue weighted by Crippen LogP contribution is -2.57. The first-order valence-electron chi connectivity index (χ1n) is 10.3. The fourth-order valence-electron chi connectivity index (χ4n) is 5.20. The Kier molecular flexibility index (Phi) is 5.47. The number of rotatable bonds is 3. The molecule has 3 saturated heterocycles. The van der Waals surface area contributed by atoms with Crippen molar-refractivity contribution in [2.24, 2.45) is 11.3 Å². The van der Waals surface area contributed by atoms with Crippen LogP contribution in [0.1, 0.15) is 25.7 Å². The van der Waals surface area contributed by atoms with E-state index in [1.54, 1.807) is 0 Å². The standard InChI is InChI=1S/C19H32N4O3/c24-17(22-9-11-26-12-10-22)14-21-5-7-23(8-6-21)18(25)19-4-2-1-3-16(19)13-20-15-19/h16,20H,1-15H2/t16-,19+/m0/s1. The summed E-state index contributed by atoms with van der Waals surface area (Å²) in [7, 11) is 0. The number of carbonyl (C=O) groups is 2. The molecule has 26 heavy (non-hydrogen) atoms. The Balaban J connectivity index is 1.29. The Morgan fingerprint density at radius 1 is 1.00 bits per heavy atom. The van der Waals surface area contributed by atoms with E-state index in [4.69, 9.17) is 4.74 Å². The summed E-state index contributed by atoms with van der Waals surface area (Å²) in [5, 5.41) is 3.48. The van der Waals surface area contributed by atoms with Crippen molar-refractivity contribution in [2.45, 2.75) is 25.7 Å². The number of carbonyl (C=O) groups excluding carboxylic acids is 2. The van der Waals surface area contributed by atoms with Crippen molar-refractivity contribution in [2.75, 3.05) is 72.1 Å². The first-order valence-corrected chi connectivity index (χ1v) is 10.3. The second-order valence-electron chi connectivity index (χ2n) is 8.29. The van der Waals surface area contributed by atoms with E-state index in [0.717, 1.165) is 45.7 Å². The van der Waals surface area contributed by atoms with Gasteiger partial charge in [-0.05, 0) is 25.3 Å². The number of morpholine rings is 1. The van der Waals surface area contributed by atoms with E-state index in [0.29, 0.717) is 44.7 Å². The molecule has 1 N–H and O–H groups in total. The largest absolute Gasteiger partial charge is 0.378 e. The van der Waals surface area contributed by atoms with Gasteiger partial charge in [0.25, 0.3) is 0 Å². The maximum Gasteiger partial charge on any atom is 0.236 e. The molecule has 0 spiro atoms. The van der Waals surface area contributed by atoms with Gasteiger partial charge in [-0.15, -0.1) is 0 Å². The molecule has 0 radical (unpaired) electrons. The summed E-state index contributed by atoms with van der Waals surface area (Å²) in [6.07, 6.45) is 4.67. The Hall–Kier alpha value is -1.18. The molecule has 7 heteroatoms. The summed E-state index contributed by atoms with van der Waals surface area (Å²) >= 11 is 0. The van der Waals surface area contributed by atoms with Crippen molar-refractivity contribution in [1.29, 1.82) is 0 Å². The summed E-state index contributed by atoms with van der Waals surface area (Å²) in [6, 6.07) is 0. The number of fused-ring (bicyclic) bond motifs is 1. The van der Waals surface area contributed by atoms with Crippen LogP contribution < -0.4 is 5.32 Å². The highest BCUT2D eigenvalue weighted by molar-refractivity contribution is 5.84. The lowest BCUT2D eigenvalue weighted by atomic mass is 9.67. The van der Waals surface area contributed by atoms with E-state index in [9.17, 15) is 9.59 Å². The van der Waals surface area contributed by atoms with E-state index >= 15 is 0 Å². The lowest BCUT2D eigenvalue weighted by molar-refractivity contribution is -0.147. The highest BCUT2D eigenvalue weighted by atomic mass is 16.5. The van der Waals surface area contributed by atoms with Gasteiger partial charge in [0.05, 0.1) is 25.2 Å². The summed E-state index contributed by atoms with van der Waals surface area (Å²) in [4.78, 5) is 31.9. The van der Waals surface area contributed by atoms with Crippen LogP contribution in [0.3, 0.4) is 0 Å². The van der Waals surface area contributed by atoms with Crippen LogP contribution in [0.25, 0.3) is 0 Å².